The Kier molecular flexibility index (Phi) is 6.60. The number of hydrogen-bond donors (Lipinski definition) is 2. The van der Waals surface area contributed by atoms with Gasteiger partial charge in [0.05, 0.1) is 12.6 Å². The average Bonchev–Trinajstić information content (AvgIpc) is 3.21. The van der Waals surface area contributed by atoms with Crippen molar-refractivity contribution in [2.45, 2.75) is 39.3 Å². The smallest absolute Gasteiger partial charge is 0.194 e. The van der Waals surface area contributed by atoms with Gasteiger partial charge in [0.2, 0.25) is 0 Å². The molecule has 2 aromatic rings. The van der Waals surface area contributed by atoms with Crippen molar-refractivity contribution in [2.24, 2.45) is 4.99 Å². The number of hydrogen-bond acceptors (Lipinski definition) is 4. The Labute approximate surface area is 154 Å². The Bertz CT molecular complexity index is 692. The molecule has 0 amide bonds. The number of benzene rings is 1. The first-order chi connectivity index (χ1) is 12.8. The molecule has 7 nitrogen and oxygen atoms in total. The van der Waals surface area contributed by atoms with E-state index in [9.17, 15) is 0 Å². The van der Waals surface area contributed by atoms with Crippen LogP contribution in [0.2, 0.25) is 0 Å². The van der Waals surface area contributed by atoms with Crippen LogP contribution in [0.4, 0.5) is 0 Å². The first-order valence-corrected chi connectivity index (χ1v) is 9.39. The van der Waals surface area contributed by atoms with Crippen LogP contribution in [-0.2, 0) is 11.3 Å². The molecule has 0 bridgehead atoms. The summed E-state index contributed by atoms with van der Waals surface area (Å²) in [6.45, 7) is 8.42. The Morgan fingerprint density at radius 1 is 1.35 bits per heavy atom. The second kappa shape index (κ2) is 9.33. The molecule has 0 spiro atoms. The first kappa shape index (κ1) is 18.4. The van der Waals surface area contributed by atoms with E-state index in [0.717, 1.165) is 62.0 Å². The number of aromatic amines is 1. The molecule has 1 saturated heterocycles. The van der Waals surface area contributed by atoms with Crippen molar-refractivity contribution in [1.29, 1.82) is 0 Å². The molecule has 1 aromatic carbocycles. The van der Waals surface area contributed by atoms with Gasteiger partial charge in [-0.2, -0.15) is 5.10 Å². The van der Waals surface area contributed by atoms with E-state index in [1.54, 1.807) is 0 Å². The van der Waals surface area contributed by atoms with E-state index in [-0.39, 0.29) is 0 Å². The van der Waals surface area contributed by atoms with Gasteiger partial charge < -0.3 is 15.0 Å². The summed E-state index contributed by atoms with van der Waals surface area (Å²) in [4.78, 5) is 11.4. The largest absolute Gasteiger partial charge is 0.378 e. The fraction of sp³-hybridized carbons (Fsp3) is 0.526. The number of nitrogens with zero attached hydrogens (tertiary/aromatic N) is 4. The van der Waals surface area contributed by atoms with E-state index in [1.807, 2.05) is 12.1 Å². The Hall–Kier alpha value is -2.41. The molecular weight excluding hydrogens is 328 g/mol. The number of nitrogens with one attached hydrogen (secondary N) is 2. The molecule has 2 heterocycles. The van der Waals surface area contributed by atoms with Gasteiger partial charge >= 0.3 is 0 Å². The van der Waals surface area contributed by atoms with Gasteiger partial charge in [0.25, 0.3) is 0 Å². The molecule has 1 aliphatic rings. The molecule has 1 aliphatic heterocycles. The summed E-state index contributed by atoms with van der Waals surface area (Å²) in [7, 11) is 0. The van der Waals surface area contributed by atoms with E-state index in [2.05, 4.69) is 51.4 Å². The standard InChI is InChI=1S/C19H28N6O/c1-3-20-19(25-10-8-17(9-11-25)26-4-2)21-13-15-6-5-7-16(12-15)18-22-14-23-24-18/h5-7,12,14,17H,3-4,8-11,13H2,1-2H3,(H,20,21)(H,22,23,24). The summed E-state index contributed by atoms with van der Waals surface area (Å²) in [5.41, 5.74) is 2.18. The minimum absolute atomic E-state index is 0.387. The molecule has 2 N–H and O–H groups in total. The van der Waals surface area contributed by atoms with Gasteiger partial charge in [0.15, 0.2) is 11.8 Å². The minimum atomic E-state index is 0.387. The second-order valence-corrected chi connectivity index (χ2v) is 6.35. The van der Waals surface area contributed by atoms with Crippen LogP contribution in [0, 0.1) is 0 Å². The Morgan fingerprint density at radius 2 is 2.19 bits per heavy atom. The SMILES string of the molecule is CCNC(=NCc1cccc(-c2ncn[nH]2)c1)N1CCC(OCC)CC1. The number of H-pyrrole nitrogens is 1. The molecule has 1 fully saturated rings. The molecule has 0 saturated carbocycles. The maximum Gasteiger partial charge on any atom is 0.194 e. The van der Waals surface area contributed by atoms with Crippen LogP contribution in [0.5, 0.6) is 0 Å². The molecule has 7 heteroatoms. The predicted octanol–water partition coefficient (Wildman–Crippen LogP) is 2.44. The maximum atomic E-state index is 5.75. The summed E-state index contributed by atoms with van der Waals surface area (Å²) in [6, 6.07) is 8.25. The maximum absolute atomic E-state index is 5.75. The van der Waals surface area contributed by atoms with Gasteiger partial charge in [-0.3, -0.25) is 5.10 Å². The van der Waals surface area contributed by atoms with Crippen LogP contribution >= 0.6 is 0 Å². The van der Waals surface area contributed by atoms with E-state index >= 15 is 0 Å². The fourth-order valence-corrected chi connectivity index (χ4v) is 3.22. The highest BCUT2D eigenvalue weighted by atomic mass is 16.5. The highest BCUT2D eigenvalue weighted by molar-refractivity contribution is 5.80. The van der Waals surface area contributed by atoms with Gasteiger partial charge in [-0.1, -0.05) is 18.2 Å². The lowest BCUT2D eigenvalue weighted by atomic mass is 10.1. The zero-order chi connectivity index (χ0) is 18.2. The summed E-state index contributed by atoms with van der Waals surface area (Å²) < 4.78 is 5.75. The molecular formula is C19H28N6O. The van der Waals surface area contributed by atoms with Crippen LogP contribution in [-0.4, -0.2) is 58.4 Å². The molecule has 26 heavy (non-hydrogen) atoms. The van der Waals surface area contributed by atoms with E-state index < -0.39 is 0 Å². The zero-order valence-corrected chi connectivity index (χ0v) is 15.6. The highest BCUT2D eigenvalue weighted by Crippen LogP contribution is 2.17. The van der Waals surface area contributed by atoms with Crippen LogP contribution in [0.15, 0.2) is 35.6 Å². The minimum Gasteiger partial charge on any atom is -0.378 e. The summed E-state index contributed by atoms with van der Waals surface area (Å²) in [5.74, 6) is 1.76. The van der Waals surface area contributed by atoms with Crippen molar-refractivity contribution < 1.29 is 4.74 Å². The number of likely N-dealkylation sites (tertiary alicyclic amines) is 1. The predicted molar refractivity (Wildman–Crippen MR) is 103 cm³/mol. The number of ether oxygens (including phenoxy) is 1. The first-order valence-electron chi connectivity index (χ1n) is 9.39. The number of aliphatic imine (C=N–C) groups is 1. The van der Waals surface area contributed by atoms with Gasteiger partial charge in [0.1, 0.15) is 6.33 Å². The molecule has 0 unspecified atom stereocenters. The average molecular weight is 356 g/mol. The van der Waals surface area contributed by atoms with Crippen molar-refractivity contribution in [3.05, 3.63) is 36.2 Å². The molecule has 3 rings (SSSR count). The molecule has 0 radical (unpaired) electrons. The number of guanidine groups is 1. The van der Waals surface area contributed by atoms with Crippen molar-refractivity contribution in [3.63, 3.8) is 0 Å². The van der Waals surface area contributed by atoms with Crippen LogP contribution in [0.1, 0.15) is 32.3 Å². The van der Waals surface area contributed by atoms with E-state index in [4.69, 9.17) is 9.73 Å². The second-order valence-electron chi connectivity index (χ2n) is 6.35. The lowest BCUT2D eigenvalue weighted by Gasteiger charge is -2.34. The summed E-state index contributed by atoms with van der Waals surface area (Å²) >= 11 is 0. The Balaban J connectivity index is 1.65. The van der Waals surface area contributed by atoms with Crippen LogP contribution < -0.4 is 5.32 Å². The van der Waals surface area contributed by atoms with Crippen molar-refractivity contribution in [3.8, 4) is 11.4 Å². The molecule has 140 valence electrons. The van der Waals surface area contributed by atoms with Gasteiger partial charge in [0, 0.05) is 31.8 Å². The number of aromatic nitrogens is 3. The number of rotatable bonds is 6. The third kappa shape index (κ3) is 4.82. The zero-order valence-electron chi connectivity index (χ0n) is 15.6. The third-order valence-corrected chi connectivity index (χ3v) is 4.51. The van der Waals surface area contributed by atoms with Crippen molar-refractivity contribution in [2.75, 3.05) is 26.2 Å². The third-order valence-electron chi connectivity index (χ3n) is 4.51. The quantitative estimate of drug-likeness (QED) is 0.614. The van der Waals surface area contributed by atoms with E-state index in [1.165, 1.54) is 6.33 Å². The number of piperidine rings is 1. The van der Waals surface area contributed by atoms with Crippen molar-refractivity contribution in [1.82, 2.24) is 25.4 Å². The van der Waals surface area contributed by atoms with Gasteiger partial charge in [-0.25, -0.2) is 9.98 Å². The van der Waals surface area contributed by atoms with Crippen molar-refractivity contribution >= 4 is 5.96 Å². The topological polar surface area (TPSA) is 78.4 Å². The monoisotopic (exact) mass is 356 g/mol. The molecule has 0 atom stereocenters. The highest BCUT2D eigenvalue weighted by Gasteiger charge is 2.21. The lowest BCUT2D eigenvalue weighted by Crippen LogP contribution is -2.47. The van der Waals surface area contributed by atoms with Gasteiger partial charge in [-0.15, -0.1) is 0 Å². The van der Waals surface area contributed by atoms with E-state index in [0.29, 0.717) is 12.6 Å². The summed E-state index contributed by atoms with van der Waals surface area (Å²) in [5, 5.41) is 10.2. The molecule has 1 aromatic heterocycles. The normalized spacial score (nSPS) is 16.1. The van der Waals surface area contributed by atoms with Crippen LogP contribution in [0.3, 0.4) is 0 Å². The fourth-order valence-electron chi connectivity index (χ4n) is 3.22. The molecule has 0 aliphatic carbocycles. The van der Waals surface area contributed by atoms with Gasteiger partial charge in [-0.05, 0) is 38.3 Å². The Morgan fingerprint density at radius 3 is 2.88 bits per heavy atom. The lowest BCUT2D eigenvalue weighted by molar-refractivity contribution is 0.0263. The van der Waals surface area contributed by atoms with Crippen LogP contribution in [0.25, 0.3) is 11.4 Å². The summed E-state index contributed by atoms with van der Waals surface area (Å²) in [6.07, 6.45) is 4.02.